The van der Waals surface area contributed by atoms with Gasteiger partial charge in [0.15, 0.2) is 0 Å². The molecule has 0 fully saturated rings. The molecule has 2 N–H and O–H groups in total. The molecule has 1 amide bonds. The van der Waals surface area contributed by atoms with E-state index in [9.17, 15) is 9.59 Å². The second kappa shape index (κ2) is 7.10. The Morgan fingerprint density at radius 1 is 1.39 bits per heavy atom. The van der Waals surface area contributed by atoms with Crippen LogP contribution in [0.4, 0.5) is 0 Å². The molecular formula is C12H18N2O3S. The highest BCUT2D eigenvalue weighted by atomic mass is 32.1. The van der Waals surface area contributed by atoms with Gasteiger partial charge in [-0.3, -0.25) is 9.59 Å². The van der Waals surface area contributed by atoms with E-state index >= 15 is 0 Å². The van der Waals surface area contributed by atoms with Crippen molar-refractivity contribution in [3.8, 4) is 0 Å². The highest BCUT2D eigenvalue weighted by molar-refractivity contribution is 7.11. The van der Waals surface area contributed by atoms with Crippen LogP contribution in [0.5, 0.6) is 0 Å². The van der Waals surface area contributed by atoms with Crippen molar-refractivity contribution < 1.29 is 14.7 Å². The number of aromatic nitrogens is 1. The van der Waals surface area contributed by atoms with Gasteiger partial charge >= 0.3 is 5.97 Å². The molecule has 0 atom stereocenters. The van der Waals surface area contributed by atoms with E-state index in [1.165, 1.54) is 11.3 Å². The molecule has 0 aliphatic rings. The monoisotopic (exact) mass is 270 g/mol. The molecule has 1 heterocycles. The van der Waals surface area contributed by atoms with E-state index in [1.807, 2.05) is 0 Å². The van der Waals surface area contributed by atoms with E-state index < -0.39 is 5.97 Å². The number of nitrogens with zero attached hydrogens (tertiary/aromatic N) is 1. The van der Waals surface area contributed by atoms with Crippen molar-refractivity contribution in [2.24, 2.45) is 0 Å². The number of thiazole rings is 1. The standard InChI is InChI=1S/C12H18N2O3S/c1-3-4-5-13-10(15)7-11-14-8(2)9(18-11)6-12(16)17/h3-7H2,1-2H3,(H,13,15)(H,16,17). The number of aryl methyl sites for hydroxylation is 1. The van der Waals surface area contributed by atoms with Crippen LogP contribution < -0.4 is 5.32 Å². The van der Waals surface area contributed by atoms with Crippen LogP contribution >= 0.6 is 11.3 Å². The van der Waals surface area contributed by atoms with E-state index in [0.717, 1.165) is 17.7 Å². The molecule has 0 aliphatic heterocycles. The third-order valence-electron chi connectivity index (χ3n) is 2.41. The lowest BCUT2D eigenvalue weighted by Gasteiger charge is -2.01. The number of carboxylic acid groups (broad SMARTS) is 1. The van der Waals surface area contributed by atoms with Crippen LogP contribution in [0.3, 0.4) is 0 Å². The first-order chi connectivity index (χ1) is 8.52. The molecule has 0 saturated heterocycles. The number of unbranched alkanes of at least 4 members (excludes halogenated alkanes) is 1. The smallest absolute Gasteiger partial charge is 0.308 e. The largest absolute Gasteiger partial charge is 0.481 e. The van der Waals surface area contributed by atoms with Gasteiger partial charge < -0.3 is 10.4 Å². The highest BCUT2D eigenvalue weighted by Gasteiger charge is 2.13. The van der Waals surface area contributed by atoms with Crippen molar-refractivity contribution in [3.63, 3.8) is 0 Å². The Labute approximate surface area is 110 Å². The van der Waals surface area contributed by atoms with Gasteiger partial charge in [-0.2, -0.15) is 0 Å². The maximum Gasteiger partial charge on any atom is 0.308 e. The van der Waals surface area contributed by atoms with Gasteiger partial charge in [0.05, 0.1) is 18.5 Å². The van der Waals surface area contributed by atoms with Crippen molar-refractivity contribution in [2.75, 3.05) is 6.54 Å². The average Bonchev–Trinajstić information content (AvgIpc) is 2.58. The van der Waals surface area contributed by atoms with Crippen LogP contribution in [-0.4, -0.2) is 28.5 Å². The van der Waals surface area contributed by atoms with Crippen LogP contribution in [0.1, 0.15) is 35.3 Å². The van der Waals surface area contributed by atoms with E-state index in [0.29, 0.717) is 17.2 Å². The molecule has 1 aromatic heterocycles. The zero-order valence-electron chi connectivity index (χ0n) is 10.7. The fourth-order valence-electron chi connectivity index (χ4n) is 1.47. The number of rotatable bonds is 7. The highest BCUT2D eigenvalue weighted by Crippen LogP contribution is 2.19. The summed E-state index contributed by atoms with van der Waals surface area (Å²) in [6.07, 6.45) is 2.21. The van der Waals surface area contributed by atoms with Crippen LogP contribution in [-0.2, 0) is 22.4 Å². The van der Waals surface area contributed by atoms with E-state index in [1.54, 1.807) is 6.92 Å². The average molecular weight is 270 g/mol. The van der Waals surface area contributed by atoms with Crippen LogP contribution in [0.25, 0.3) is 0 Å². The number of carbonyl (C=O) groups excluding carboxylic acids is 1. The van der Waals surface area contributed by atoms with Gasteiger partial charge in [0, 0.05) is 11.4 Å². The molecule has 0 aliphatic carbocycles. The Balaban J connectivity index is 2.52. The Kier molecular flexibility index (Phi) is 5.77. The summed E-state index contributed by atoms with van der Waals surface area (Å²) in [6, 6.07) is 0. The third kappa shape index (κ3) is 4.83. The number of carboxylic acids is 1. The molecule has 0 aromatic carbocycles. The zero-order valence-corrected chi connectivity index (χ0v) is 11.5. The Morgan fingerprint density at radius 3 is 2.72 bits per heavy atom. The fraction of sp³-hybridized carbons (Fsp3) is 0.583. The second-order valence-electron chi connectivity index (χ2n) is 4.07. The number of amides is 1. The summed E-state index contributed by atoms with van der Waals surface area (Å²) in [7, 11) is 0. The van der Waals surface area contributed by atoms with Crippen molar-refractivity contribution in [1.82, 2.24) is 10.3 Å². The lowest BCUT2D eigenvalue weighted by Crippen LogP contribution is -2.25. The molecule has 1 rings (SSSR count). The Bertz CT molecular complexity index is 429. The summed E-state index contributed by atoms with van der Waals surface area (Å²) in [5.74, 6) is -0.931. The topological polar surface area (TPSA) is 79.3 Å². The fourth-order valence-corrected chi connectivity index (χ4v) is 2.53. The lowest BCUT2D eigenvalue weighted by atomic mass is 10.3. The first kappa shape index (κ1) is 14.6. The van der Waals surface area contributed by atoms with E-state index in [-0.39, 0.29) is 18.7 Å². The summed E-state index contributed by atoms with van der Waals surface area (Å²) >= 11 is 1.30. The Morgan fingerprint density at radius 2 is 2.11 bits per heavy atom. The minimum atomic E-state index is -0.874. The van der Waals surface area contributed by atoms with Gasteiger partial charge in [-0.05, 0) is 13.3 Å². The molecule has 1 aromatic rings. The minimum absolute atomic E-state index is 0.0268. The number of carbonyl (C=O) groups is 2. The maximum absolute atomic E-state index is 11.6. The number of hydrogen-bond donors (Lipinski definition) is 2. The number of hydrogen-bond acceptors (Lipinski definition) is 4. The first-order valence-corrected chi connectivity index (χ1v) is 6.78. The molecule has 5 nitrogen and oxygen atoms in total. The molecule has 6 heteroatoms. The summed E-state index contributed by atoms with van der Waals surface area (Å²) in [5, 5.41) is 12.2. The van der Waals surface area contributed by atoms with Gasteiger partial charge in [0.1, 0.15) is 5.01 Å². The molecule has 0 unspecified atom stereocenters. The van der Waals surface area contributed by atoms with Crippen LogP contribution in [0, 0.1) is 6.92 Å². The van der Waals surface area contributed by atoms with Gasteiger partial charge in [0.25, 0.3) is 0 Å². The molecule has 0 spiro atoms. The van der Waals surface area contributed by atoms with E-state index in [4.69, 9.17) is 5.11 Å². The molecule has 0 saturated carbocycles. The maximum atomic E-state index is 11.6. The predicted octanol–water partition coefficient (Wildman–Crippen LogP) is 1.54. The zero-order chi connectivity index (χ0) is 13.5. The van der Waals surface area contributed by atoms with Gasteiger partial charge in [-0.15, -0.1) is 11.3 Å². The molecule has 0 radical (unpaired) electrons. The number of nitrogens with one attached hydrogen (secondary N) is 1. The summed E-state index contributed by atoms with van der Waals surface area (Å²) in [4.78, 5) is 27.1. The van der Waals surface area contributed by atoms with E-state index in [2.05, 4.69) is 17.2 Å². The van der Waals surface area contributed by atoms with Crippen LogP contribution in [0.15, 0.2) is 0 Å². The molecule has 18 heavy (non-hydrogen) atoms. The first-order valence-electron chi connectivity index (χ1n) is 5.96. The number of aliphatic carboxylic acids is 1. The van der Waals surface area contributed by atoms with Gasteiger partial charge in [-0.1, -0.05) is 13.3 Å². The summed E-state index contributed by atoms with van der Waals surface area (Å²) < 4.78 is 0. The molecule has 100 valence electrons. The van der Waals surface area contributed by atoms with Gasteiger partial charge in [0.2, 0.25) is 5.91 Å². The van der Waals surface area contributed by atoms with Crippen molar-refractivity contribution in [3.05, 3.63) is 15.6 Å². The quantitative estimate of drug-likeness (QED) is 0.737. The molecule has 0 bridgehead atoms. The SMILES string of the molecule is CCCCNC(=O)Cc1nc(C)c(CC(=O)O)s1. The third-order valence-corrected chi connectivity index (χ3v) is 3.57. The van der Waals surface area contributed by atoms with Crippen molar-refractivity contribution in [2.45, 2.75) is 39.5 Å². The van der Waals surface area contributed by atoms with Crippen molar-refractivity contribution in [1.29, 1.82) is 0 Å². The summed E-state index contributed by atoms with van der Waals surface area (Å²) in [5.41, 5.74) is 0.707. The molecular weight excluding hydrogens is 252 g/mol. The van der Waals surface area contributed by atoms with Crippen molar-refractivity contribution >= 4 is 23.2 Å². The minimum Gasteiger partial charge on any atom is -0.481 e. The predicted molar refractivity (Wildman–Crippen MR) is 69.8 cm³/mol. The van der Waals surface area contributed by atoms with Crippen LogP contribution in [0.2, 0.25) is 0 Å². The lowest BCUT2D eigenvalue weighted by molar-refractivity contribution is -0.136. The van der Waals surface area contributed by atoms with Gasteiger partial charge in [-0.25, -0.2) is 4.98 Å². The normalized spacial score (nSPS) is 10.3. The Hall–Kier alpha value is -1.43. The summed E-state index contributed by atoms with van der Waals surface area (Å²) in [6.45, 7) is 4.52. The second-order valence-corrected chi connectivity index (χ2v) is 5.24.